The van der Waals surface area contributed by atoms with E-state index in [1.807, 2.05) is 0 Å². The molecule has 4 aromatic carbocycles. The molecule has 0 saturated heterocycles. The van der Waals surface area contributed by atoms with Crippen LogP contribution in [0.25, 0.3) is 0 Å². The molecular formula is C39H40O16. The molecule has 0 aliphatic heterocycles. The largest absolute Gasteiger partial charge is 0.504 e. The van der Waals surface area contributed by atoms with Crippen molar-refractivity contribution >= 4 is 23.9 Å². The fraction of sp³-hybridized carbons (Fsp3) is 0.282. The molecule has 16 heteroatoms. The summed E-state index contributed by atoms with van der Waals surface area (Å²) in [7, 11) is 9.73. The van der Waals surface area contributed by atoms with Gasteiger partial charge in [0, 0.05) is 0 Å². The summed E-state index contributed by atoms with van der Waals surface area (Å²) in [6.07, 6.45) is -3.19. The van der Waals surface area contributed by atoms with Crippen LogP contribution in [0.2, 0.25) is 0 Å². The Labute approximate surface area is 316 Å². The molecule has 0 heterocycles. The van der Waals surface area contributed by atoms with Crippen molar-refractivity contribution in [1.82, 2.24) is 0 Å². The van der Waals surface area contributed by atoms with Gasteiger partial charge in [-0.25, -0.2) is 19.2 Å². The number of hydrogen-bond donors (Lipinski definition) is 1. The summed E-state index contributed by atoms with van der Waals surface area (Å²) in [4.78, 5) is 53.9. The molecule has 2 unspecified atom stereocenters. The molecule has 2 atom stereocenters. The second-order valence-electron chi connectivity index (χ2n) is 11.2. The van der Waals surface area contributed by atoms with Gasteiger partial charge in [0.15, 0.2) is 58.2 Å². The van der Waals surface area contributed by atoms with Crippen LogP contribution in [0.1, 0.15) is 41.4 Å². The summed E-state index contributed by atoms with van der Waals surface area (Å²) < 4.78 is 59.5. The first-order valence-corrected chi connectivity index (χ1v) is 16.3. The fourth-order valence-electron chi connectivity index (χ4n) is 5.02. The van der Waals surface area contributed by atoms with Gasteiger partial charge in [-0.2, -0.15) is 0 Å². The molecule has 0 fully saturated rings. The normalized spacial score (nSPS) is 11.5. The molecule has 0 aliphatic carbocycles. The van der Waals surface area contributed by atoms with E-state index in [9.17, 15) is 24.3 Å². The van der Waals surface area contributed by atoms with Crippen molar-refractivity contribution in [2.75, 3.05) is 63.0 Å². The fourth-order valence-corrected chi connectivity index (χ4v) is 5.02. The molecule has 0 bridgehead atoms. The number of ether oxygens (including phenoxy) is 11. The van der Waals surface area contributed by atoms with E-state index in [2.05, 4.69) is 0 Å². The summed E-state index contributed by atoms with van der Waals surface area (Å²) in [5.74, 6) is -2.24. The van der Waals surface area contributed by atoms with Crippen LogP contribution >= 0.6 is 0 Å². The zero-order valence-corrected chi connectivity index (χ0v) is 31.1. The average Bonchev–Trinajstić information content (AvgIpc) is 3.22. The maximum absolute atomic E-state index is 13.7. The number of methoxy groups -OCH3 is 7. The molecule has 4 aromatic rings. The predicted octanol–water partition coefficient (Wildman–Crippen LogP) is 4.92. The van der Waals surface area contributed by atoms with Gasteiger partial charge in [-0.3, -0.25) is 0 Å². The third-order valence-corrected chi connectivity index (χ3v) is 7.96. The number of carbonyl (C=O) groups is 4. The van der Waals surface area contributed by atoms with Crippen LogP contribution in [-0.4, -0.2) is 104 Å². The number of rotatable bonds is 18. The summed E-state index contributed by atoms with van der Waals surface area (Å²) in [5, 5.41) is 10.1. The van der Waals surface area contributed by atoms with E-state index in [4.69, 9.17) is 52.1 Å². The zero-order valence-electron chi connectivity index (χ0n) is 31.1. The maximum Gasteiger partial charge on any atom is 0.338 e. The summed E-state index contributed by atoms with van der Waals surface area (Å²) in [6.45, 7) is -1.40. The van der Waals surface area contributed by atoms with Gasteiger partial charge in [0.2, 0.25) is 0 Å². The highest BCUT2D eigenvalue weighted by atomic mass is 16.6. The van der Waals surface area contributed by atoms with Crippen LogP contribution in [0, 0.1) is 0 Å². The molecular weight excluding hydrogens is 724 g/mol. The molecule has 292 valence electrons. The highest BCUT2D eigenvalue weighted by Gasteiger charge is 2.34. The molecule has 0 amide bonds. The topological polar surface area (TPSA) is 190 Å². The number of hydrogen-bond acceptors (Lipinski definition) is 16. The van der Waals surface area contributed by atoms with E-state index in [0.717, 1.165) is 0 Å². The SMILES string of the molecule is COc1cc(C(=O)OC(COC(=O)c2ccc(OC)c(OC)c2)C(COC(=O)c2ccc(OC)c(OC)c2)OC(=O)c2ccc(OC)c(OC)c2)ccc1O. The van der Waals surface area contributed by atoms with E-state index in [-0.39, 0.29) is 51.0 Å². The quantitative estimate of drug-likeness (QED) is 0.106. The van der Waals surface area contributed by atoms with E-state index < -0.39 is 49.3 Å². The number of carbonyl (C=O) groups excluding carboxylic acids is 4. The van der Waals surface area contributed by atoms with Crippen molar-refractivity contribution in [2.45, 2.75) is 12.2 Å². The molecule has 55 heavy (non-hydrogen) atoms. The van der Waals surface area contributed by atoms with E-state index >= 15 is 0 Å². The highest BCUT2D eigenvalue weighted by Crippen LogP contribution is 2.31. The Kier molecular flexibility index (Phi) is 14.4. The second kappa shape index (κ2) is 19.3. The summed E-state index contributed by atoms with van der Waals surface area (Å²) in [6, 6.07) is 16.5. The van der Waals surface area contributed by atoms with Crippen molar-refractivity contribution in [3.8, 4) is 46.0 Å². The predicted molar refractivity (Wildman–Crippen MR) is 192 cm³/mol. The number of aromatic hydroxyl groups is 1. The standard InChI is InChI=1S/C39H40O16/c1-45-27-13-9-22(17-31(27)49-5)36(41)52-20-34(54-38(43)24-8-12-26(40)30(16-24)48-4)35(55-39(44)25-11-15-29(47-3)33(19-25)51-7)21-53-37(42)23-10-14-28(46-2)32(18-23)50-6/h8-19,34-35,40H,20-21H2,1-7H3. The molecule has 16 nitrogen and oxygen atoms in total. The Hall–Kier alpha value is -6.84. The van der Waals surface area contributed by atoms with Crippen molar-refractivity contribution in [1.29, 1.82) is 0 Å². The minimum absolute atomic E-state index is 0.00969. The lowest BCUT2D eigenvalue weighted by atomic mass is 10.1. The van der Waals surface area contributed by atoms with Crippen molar-refractivity contribution in [2.24, 2.45) is 0 Å². The van der Waals surface area contributed by atoms with Gasteiger partial charge >= 0.3 is 23.9 Å². The number of phenols is 1. The molecule has 0 aliphatic rings. The van der Waals surface area contributed by atoms with Gasteiger partial charge in [0.05, 0.1) is 72.0 Å². The lowest BCUT2D eigenvalue weighted by Crippen LogP contribution is -2.42. The first kappa shape index (κ1) is 40.9. The first-order valence-electron chi connectivity index (χ1n) is 16.3. The Morgan fingerprint density at radius 1 is 0.418 bits per heavy atom. The van der Waals surface area contributed by atoms with Crippen LogP contribution in [-0.2, 0) is 18.9 Å². The molecule has 0 spiro atoms. The first-order chi connectivity index (χ1) is 26.5. The number of benzene rings is 4. The van der Waals surface area contributed by atoms with Crippen LogP contribution in [0.5, 0.6) is 46.0 Å². The molecule has 1 N–H and O–H groups in total. The van der Waals surface area contributed by atoms with Crippen molar-refractivity contribution in [3.05, 3.63) is 95.1 Å². The second-order valence-corrected chi connectivity index (χ2v) is 11.2. The third kappa shape index (κ3) is 10.2. The van der Waals surface area contributed by atoms with Gasteiger partial charge in [0.1, 0.15) is 13.2 Å². The Morgan fingerprint density at radius 2 is 0.709 bits per heavy atom. The average molecular weight is 765 g/mol. The summed E-state index contributed by atoms with van der Waals surface area (Å²) >= 11 is 0. The number of esters is 4. The molecule has 0 saturated carbocycles. The highest BCUT2D eigenvalue weighted by molar-refractivity contribution is 5.93. The zero-order chi connectivity index (χ0) is 40.1. The van der Waals surface area contributed by atoms with Crippen molar-refractivity contribution < 1.29 is 76.4 Å². The van der Waals surface area contributed by atoms with E-state index in [1.54, 1.807) is 0 Å². The summed E-state index contributed by atoms with van der Waals surface area (Å²) in [5.41, 5.74) is -0.000299. The molecule has 0 aromatic heterocycles. The van der Waals surface area contributed by atoms with Gasteiger partial charge < -0.3 is 57.2 Å². The maximum atomic E-state index is 13.7. The number of phenolic OH excluding ortho intramolecular Hbond substituents is 1. The van der Waals surface area contributed by atoms with Gasteiger partial charge in [-0.1, -0.05) is 0 Å². The van der Waals surface area contributed by atoms with Gasteiger partial charge in [0.25, 0.3) is 0 Å². The van der Waals surface area contributed by atoms with Crippen LogP contribution in [0.15, 0.2) is 72.8 Å². The Balaban J connectivity index is 1.71. The van der Waals surface area contributed by atoms with E-state index in [1.165, 1.54) is 123 Å². The minimum atomic E-state index is -1.60. The van der Waals surface area contributed by atoms with Crippen LogP contribution in [0.4, 0.5) is 0 Å². The van der Waals surface area contributed by atoms with Crippen LogP contribution in [0.3, 0.4) is 0 Å². The smallest absolute Gasteiger partial charge is 0.338 e. The lowest BCUT2D eigenvalue weighted by molar-refractivity contribution is -0.0753. The Morgan fingerprint density at radius 3 is 1.04 bits per heavy atom. The van der Waals surface area contributed by atoms with Gasteiger partial charge in [-0.15, -0.1) is 0 Å². The lowest BCUT2D eigenvalue weighted by Gasteiger charge is -2.27. The van der Waals surface area contributed by atoms with E-state index in [0.29, 0.717) is 17.2 Å². The van der Waals surface area contributed by atoms with Crippen molar-refractivity contribution in [3.63, 3.8) is 0 Å². The van der Waals surface area contributed by atoms with Crippen LogP contribution < -0.4 is 33.2 Å². The minimum Gasteiger partial charge on any atom is -0.504 e. The Bertz CT molecular complexity index is 1990. The monoisotopic (exact) mass is 764 g/mol. The molecule has 4 rings (SSSR count). The third-order valence-electron chi connectivity index (χ3n) is 7.96. The van der Waals surface area contributed by atoms with Gasteiger partial charge in [-0.05, 0) is 72.8 Å². The molecule has 0 radical (unpaired) electrons.